The third kappa shape index (κ3) is 2.56. The fourth-order valence-electron chi connectivity index (χ4n) is 1.19. The van der Waals surface area contributed by atoms with Crippen molar-refractivity contribution in [3.05, 3.63) is 46.2 Å². The number of para-hydroxylation sites is 1. The van der Waals surface area contributed by atoms with Crippen LogP contribution in [0.5, 0.6) is 5.75 Å². The third-order valence-corrected chi connectivity index (χ3v) is 2.90. The summed E-state index contributed by atoms with van der Waals surface area (Å²) in [5.74, 6) is -0.176. The predicted molar refractivity (Wildman–Crippen MR) is 58.8 cm³/mol. The number of halogens is 1. The van der Waals surface area contributed by atoms with Crippen molar-refractivity contribution in [2.24, 2.45) is 0 Å². The van der Waals surface area contributed by atoms with Crippen LogP contribution in [0.4, 0.5) is 4.39 Å². The summed E-state index contributed by atoms with van der Waals surface area (Å²) in [7, 11) is 0. The molecule has 0 bridgehead atoms. The highest BCUT2D eigenvalue weighted by Crippen LogP contribution is 2.19. The number of hydrogen-bond acceptors (Lipinski definition) is 4. The van der Waals surface area contributed by atoms with Crippen LogP contribution in [-0.2, 0) is 13.2 Å². The van der Waals surface area contributed by atoms with Gasteiger partial charge in [-0.3, -0.25) is 0 Å². The van der Waals surface area contributed by atoms with E-state index in [0.29, 0.717) is 5.01 Å². The first-order valence-corrected chi connectivity index (χ1v) is 5.53. The summed E-state index contributed by atoms with van der Waals surface area (Å²) in [6.45, 7) is 0.183. The van der Waals surface area contributed by atoms with Gasteiger partial charge in [0, 0.05) is 6.20 Å². The van der Waals surface area contributed by atoms with E-state index in [1.807, 2.05) is 0 Å². The number of benzene rings is 1. The van der Waals surface area contributed by atoms with Gasteiger partial charge in [-0.15, -0.1) is 11.3 Å². The Morgan fingerprint density at radius 1 is 1.38 bits per heavy atom. The van der Waals surface area contributed by atoms with Crippen LogP contribution in [0, 0.1) is 5.82 Å². The zero-order valence-electron chi connectivity index (χ0n) is 8.39. The molecule has 0 aliphatic heterocycles. The first-order valence-electron chi connectivity index (χ1n) is 4.71. The SMILES string of the molecule is OCc1cnc(COc2ccccc2F)s1. The first kappa shape index (κ1) is 11.0. The molecule has 0 atom stereocenters. The fourth-order valence-corrected chi connectivity index (χ4v) is 1.88. The lowest BCUT2D eigenvalue weighted by Gasteiger charge is -2.04. The summed E-state index contributed by atoms with van der Waals surface area (Å²) in [5, 5.41) is 9.56. The van der Waals surface area contributed by atoms with Gasteiger partial charge in [-0.25, -0.2) is 9.37 Å². The molecule has 2 aromatic rings. The summed E-state index contributed by atoms with van der Waals surface area (Å²) in [6, 6.07) is 6.22. The summed E-state index contributed by atoms with van der Waals surface area (Å²) in [4.78, 5) is 4.81. The summed E-state index contributed by atoms with van der Waals surface area (Å²) >= 11 is 1.35. The second-order valence-electron chi connectivity index (χ2n) is 3.10. The molecule has 3 nitrogen and oxygen atoms in total. The summed E-state index contributed by atoms with van der Waals surface area (Å²) in [5.41, 5.74) is 0. The Kier molecular flexibility index (Phi) is 3.48. The molecule has 0 saturated heterocycles. The van der Waals surface area contributed by atoms with Crippen molar-refractivity contribution >= 4 is 11.3 Å². The number of thiazole rings is 1. The first-order chi connectivity index (χ1) is 7.79. The lowest BCUT2D eigenvalue weighted by Crippen LogP contribution is -1.96. The van der Waals surface area contributed by atoms with Gasteiger partial charge in [0.1, 0.15) is 11.6 Å². The lowest BCUT2D eigenvalue weighted by atomic mass is 10.3. The topological polar surface area (TPSA) is 42.4 Å². The number of aliphatic hydroxyl groups excluding tert-OH is 1. The standard InChI is InChI=1S/C11H10FNO2S/c12-9-3-1-2-4-10(9)15-7-11-13-5-8(6-14)16-11/h1-5,14H,6-7H2. The molecule has 16 heavy (non-hydrogen) atoms. The van der Waals surface area contributed by atoms with Crippen LogP contribution in [0.1, 0.15) is 9.88 Å². The molecule has 5 heteroatoms. The molecule has 0 radical (unpaired) electrons. The Labute approximate surface area is 96.2 Å². The molecule has 1 aromatic carbocycles. The second-order valence-corrected chi connectivity index (χ2v) is 4.30. The van der Waals surface area contributed by atoms with Crippen molar-refractivity contribution in [1.29, 1.82) is 0 Å². The van der Waals surface area contributed by atoms with Gasteiger partial charge in [0.05, 0.1) is 11.5 Å². The van der Waals surface area contributed by atoms with Crippen LogP contribution in [0.2, 0.25) is 0 Å². The molecule has 0 aliphatic carbocycles. The highest BCUT2D eigenvalue weighted by Gasteiger charge is 2.04. The number of aliphatic hydroxyl groups is 1. The molecular formula is C11H10FNO2S. The van der Waals surface area contributed by atoms with Gasteiger partial charge < -0.3 is 9.84 Å². The van der Waals surface area contributed by atoms with Crippen molar-refractivity contribution in [3.8, 4) is 5.75 Å². The number of hydrogen-bond donors (Lipinski definition) is 1. The highest BCUT2D eigenvalue weighted by atomic mass is 32.1. The van der Waals surface area contributed by atoms with E-state index >= 15 is 0 Å². The molecule has 0 saturated carbocycles. The van der Waals surface area contributed by atoms with Gasteiger partial charge in [-0.2, -0.15) is 0 Å². The highest BCUT2D eigenvalue weighted by molar-refractivity contribution is 7.11. The minimum atomic E-state index is -0.388. The molecule has 1 heterocycles. The Bertz CT molecular complexity index is 473. The van der Waals surface area contributed by atoms with E-state index in [0.717, 1.165) is 4.88 Å². The van der Waals surface area contributed by atoms with E-state index < -0.39 is 0 Å². The smallest absolute Gasteiger partial charge is 0.165 e. The lowest BCUT2D eigenvalue weighted by molar-refractivity contribution is 0.285. The van der Waals surface area contributed by atoms with Crippen LogP contribution in [0.25, 0.3) is 0 Å². The van der Waals surface area contributed by atoms with Gasteiger partial charge >= 0.3 is 0 Å². The number of aromatic nitrogens is 1. The van der Waals surface area contributed by atoms with Crippen LogP contribution >= 0.6 is 11.3 Å². The van der Waals surface area contributed by atoms with Crippen LogP contribution in [-0.4, -0.2) is 10.1 Å². The van der Waals surface area contributed by atoms with E-state index in [9.17, 15) is 4.39 Å². The molecule has 0 fully saturated rings. The zero-order valence-corrected chi connectivity index (χ0v) is 9.21. The van der Waals surface area contributed by atoms with Crippen molar-refractivity contribution < 1.29 is 14.2 Å². The maximum atomic E-state index is 13.2. The molecule has 84 valence electrons. The van der Waals surface area contributed by atoms with Crippen molar-refractivity contribution in [1.82, 2.24) is 4.98 Å². The largest absolute Gasteiger partial charge is 0.483 e. The average molecular weight is 239 g/mol. The van der Waals surface area contributed by atoms with E-state index in [-0.39, 0.29) is 24.8 Å². The van der Waals surface area contributed by atoms with Crippen LogP contribution in [0.15, 0.2) is 30.5 Å². The average Bonchev–Trinajstić information content (AvgIpc) is 2.76. The van der Waals surface area contributed by atoms with Gasteiger partial charge in [0.2, 0.25) is 0 Å². The molecule has 1 aromatic heterocycles. The minimum absolute atomic E-state index is 0.0304. The van der Waals surface area contributed by atoms with Crippen molar-refractivity contribution in [3.63, 3.8) is 0 Å². The van der Waals surface area contributed by atoms with Crippen LogP contribution in [0.3, 0.4) is 0 Å². The van der Waals surface area contributed by atoms with Crippen molar-refractivity contribution in [2.45, 2.75) is 13.2 Å². The predicted octanol–water partition coefficient (Wildman–Crippen LogP) is 2.35. The Morgan fingerprint density at radius 2 is 2.19 bits per heavy atom. The van der Waals surface area contributed by atoms with Gasteiger partial charge in [-0.1, -0.05) is 12.1 Å². The molecule has 1 N–H and O–H groups in total. The van der Waals surface area contributed by atoms with E-state index in [4.69, 9.17) is 9.84 Å². The second kappa shape index (κ2) is 5.05. The molecule has 0 spiro atoms. The quantitative estimate of drug-likeness (QED) is 0.890. The molecule has 0 aliphatic rings. The summed E-state index contributed by atoms with van der Waals surface area (Å²) in [6.07, 6.45) is 1.59. The van der Waals surface area contributed by atoms with Gasteiger partial charge in [0.25, 0.3) is 0 Å². The molecule has 0 amide bonds. The third-order valence-electron chi connectivity index (χ3n) is 1.95. The van der Waals surface area contributed by atoms with Crippen LogP contribution < -0.4 is 4.74 Å². The van der Waals surface area contributed by atoms with E-state index in [1.165, 1.54) is 17.4 Å². The minimum Gasteiger partial charge on any atom is -0.483 e. The number of rotatable bonds is 4. The van der Waals surface area contributed by atoms with Crippen molar-refractivity contribution in [2.75, 3.05) is 0 Å². The van der Waals surface area contributed by atoms with Gasteiger partial charge in [0.15, 0.2) is 11.6 Å². The maximum Gasteiger partial charge on any atom is 0.165 e. The summed E-state index contributed by atoms with van der Waals surface area (Å²) < 4.78 is 18.5. The normalized spacial score (nSPS) is 10.4. The molecular weight excluding hydrogens is 229 g/mol. The Hall–Kier alpha value is -1.46. The van der Waals surface area contributed by atoms with Gasteiger partial charge in [-0.05, 0) is 12.1 Å². The Balaban J connectivity index is 1.99. The number of nitrogens with zero attached hydrogens (tertiary/aromatic N) is 1. The van der Waals surface area contributed by atoms with E-state index in [1.54, 1.807) is 24.4 Å². The Morgan fingerprint density at radius 3 is 2.88 bits per heavy atom. The van der Waals surface area contributed by atoms with E-state index in [2.05, 4.69) is 4.98 Å². The maximum absolute atomic E-state index is 13.2. The number of ether oxygens (including phenoxy) is 1. The molecule has 0 unspecified atom stereocenters. The zero-order chi connectivity index (χ0) is 11.4. The monoisotopic (exact) mass is 239 g/mol. The fraction of sp³-hybridized carbons (Fsp3) is 0.182. The molecule has 2 rings (SSSR count).